The number of carbonyl (C=O) groups is 1. The first-order valence-corrected chi connectivity index (χ1v) is 9.79. The quantitative estimate of drug-likeness (QED) is 0.748. The normalized spacial score (nSPS) is 12.6. The molecule has 1 aromatic carbocycles. The third kappa shape index (κ3) is 5.32. The van der Waals surface area contributed by atoms with Gasteiger partial charge in [-0.2, -0.15) is 22.6 Å². The number of nitrogens with one attached hydrogen (secondary N) is 1. The van der Waals surface area contributed by atoms with Crippen molar-refractivity contribution >= 4 is 15.9 Å². The van der Waals surface area contributed by atoms with Crippen LogP contribution in [0.5, 0.6) is 0 Å². The number of carbonyl (C=O) groups excluding carboxylic acids is 1. The van der Waals surface area contributed by atoms with E-state index < -0.39 is 27.8 Å². The van der Waals surface area contributed by atoms with Gasteiger partial charge in [0.25, 0.3) is 0 Å². The van der Waals surface area contributed by atoms with Crippen molar-refractivity contribution in [3.8, 4) is 0 Å². The minimum Gasteiger partial charge on any atom is -0.350 e. The van der Waals surface area contributed by atoms with Gasteiger partial charge in [-0.15, -0.1) is 0 Å². The Kier molecular flexibility index (Phi) is 6.50. The number of rotatable bonds is 7. The molecule has 0 radical (unpaired) electrons. The molecule has 0 spiro atoms. The lowest BCUT2D eigenvalue weighted by molar-refractivity contribution is -0.141. The van der Waals surface area contributed by atoms with Gasteiger partial charge in [-0.1, -0.05) is 12.1 Å². The van der Waals surface area contributed by atoms with Crippen molar-refractivity contribution in [1.29, 1.82) is 0 Å². The average molecular weight is 418 g/mol. The molecular weight excluding hydrogens is 397 g/mol. The van der Waals surface area contributed by atoms with E-state index in [-0.39, 0.29) is 24.0 Å². The maximum atomic E-state index is 12.5. The van der Waals surface area contributed by atoms with Gasteiger partial charge >= 0.3 is 6.18 Å². The van der Waals surface area contributed by atoms with Gasteiger partial charge in [-0.25, -0.2) is 8.42 Å². The third-order valence-corrected chi connectivity index (χ3v) is 6.10. The Balaban J connectivity index is 1.94. The number of nitrogens with zero attached hydrogens (tertiary/aromatic N) is 3. The largest absolute Gasteiger partial charge is 0.435 e. The van der Waals surface area contributed by atoms with E-state index in [0.717, 1.165) is 16.9 Å². The minimum absolute atomic E-state index is 0.104. The van der Waals surface area contributed by atoms with E-state index in [1.165, 1.54) is 23.5 Å². The first-order valence-electron chi connectivity index (χ1n) is 8.35. The van der Waals surface area contributed by atoms with Crippen LogP contribution >= 0.6 is 0 Å². The van der Waals surface area contributed by atoms with Crippen molar-refractivity contribution in [1.82, 2.24) is 19.4 Å². The van der Waals surface area contributed by atoms with Crippen LogP contribution in [0.4, 0.5) is 13.2 Å². The summed E-state index contributed by atoms with van der Waals surface area (Å²) in [4.78, 5) is 12.0. The molecule has 11 heteroatoms. The number of hydrogen-bond acceptors (Lipinski definition) is 4. The molecule has 154 valence electrons. The number of benzene rings is 1. The predicted octanol–water partition coefficient (Wildman–Crippen LogP) is 2.25. The molecule has 1 aromatic heterocycles. The molecule has 0 saturated heterocycles. The van der Waals surface area contributed by atoms with Crippen molar-refractivity contribution in [3.63, 3.8) is 0 Å². The van der Waals surface area contributed by atoms with Crippen LogP contribution in [0.15, 0.2) is 41.4 Å². The molecule has 0 atom stereocenters. The number of halogens is 3. The lowest BCUT2D eigenvalue weighted by Gasteiger charge is -2.21. The molecule has 28 heavy (non-hydrogen) atoms. The lowest BCUT2D eigenvalue weighted by Crippen LogP contribution is -2.33. The second-order valence-electron chi connectivity index (χ2n) is 6.43. The summed E-state index contributed by atoms with van der Waals surface area (Å²) in [5.41, 5.74) is -0.417. The van der Waals surface area contributed by atoms with E-state index in [1.807, 2.05) is 0 Å². The molecule has 0 saturated carbocycles. The molecule has 2 aromatic rings. The summed E-state index contributed by atoms with van der Waals surface area (Å²) in [7, 11) is -2.10. The summed E-state index contributed by atoms with van der Waals surface area (Å²) >= 11 is 0. The van der Waals surface area contributed by atoms with Gasteiger partial charge in [-0.05, 0) is 37.6 Å². The van der Waals surface area contributed by atoms with Crippen LogP contribution in [0.1, 0.15) is 25.1 Å². The van der Waals surface area contributed by atoms with Crippen molar-refractivity contribution in [2.75, 3.05) is 7.05 Å². The Bertz CT molecular complexity index is 922. The maximum absolute atomic E-state index is 12.5. The smallest absolute Gasteiger partial charge is 0.350 e. The highest BCUT2D eigenvalue weighted by Gasteiger charge is 2.33. The summed E-state index contributed by atoms with van der Waals surface area (Å²) in [5, 5.41) is 5.86. The molecule has 0 fully saturated rings. The Labute approximate surface area is 161 Å². The minimum atomic E-state index is -4.56. The second-order valence-corrected chi connectivity index (χ2v) is 8.43. The van der Waals surface area contributed by atoms with Crippen molar-refractivity contribution in [2.45, 2.75) is 44.1 Å². The fourth-order valence-electron chi connectivity index (χ4n) is 2.23. The lowest BCUT2D eigenvalue weighted by atomic mass is 10.2. The van der Waals surface area contributed by atoms with Gasteiger partial charge in [0.2, 0.25) is 15.9 Å². The van der Waals surface area contributed by atoms with Crippen LogP contribution in [-0.2, 0) is 34.1 Å². The van der Waals surface area contributed by atoms with Gasteiger partial charge in [0.1, 0.15) is 6.54 Å². The van der Waals surface area contributed by atoms with Gasteiger partial charge in [0, 0.05) is 25.8 Å². The summed E-state index contributed by atoms with van der Waals surface area (Å²) in [6.45, 7) is 3.27. The van der Waals surface area contributed by atoms with Crippen molar-refractivity contribution in [3.05, 3.63) is 47.8 Å². The first kappa shape index (κ1) is 21.9. The van der Waals surface area contributed by atoms with Crippen molar-refractivity contribution < 1.29 is 26.4 Å². The fourth-order valence-corrected chi connectivity index (χ4v) is 3.60. The molecule has 0 bridgehead atoms. The third-order valence-electron chi connectivity index (χ3n) is 4.05. The van der Waals surface area contributed by atoms with Crippen LogP contribution < -0.4 is 5.32 Å². The molecule has 1 heterocycles. The van der Waals surface area contributed by atoms with Crippen LogP contribution in [-0.4, -0.2) is 41.5 Å². The molecule has 7 nitrogen and oxygen atoms in total. The van der Waals surface area contributed by atoms with E-state index >= 15 is 0 Å². The number of hydrogen-bond donors (Lipinski definition) is 1. The Morgan fingerprint density at radius 3 is 2.32 bits per heavy atom. The van der Waals surface area contributed by atoms with E-state index in [1.54, 1.807) is 26.0 Å². The van der Waals surface area contributed by atoms with Crippen molar-refractivity contribution in [2.24, 2.45) is 0 Å². The topological polar surface area (TPSA) is 84.3 Å². The zero-order chi connectivity index (χ0) is 21.1. The fraction of sp³-hybridized carbons (Fsp3) is 0.412. The van der Waals surface area contributed by atoms with Gasteiger partial charge in [0.15, 0.2) is 5.69 Å². The van der Waals surface area contributed by atoms with E-state index in [4.69, 9.17) is 0 Å². The number of sulfonamides is 1. The highest BCUT2D eigenvalue weighted by Crippen LogP contribution is 2.27. The van der Waals surface area contributed by atoms with Crippen LogP contribution in [0.25, 0.3) is 0 Å². The Morgan fingerprint density at radius 1 is 1.21 bits per heavy atom. The van der Waals surface area contributed by atoms with Crippen LogP contribution in [0, 0.1) is 0 Å². The molecule has 0 aliphatic heterocycles. The average Bonchev–Trinajstić information content (AvgIpc) is 3.08. The number of aromatic nitrogens is 2. The highest BCUT2D eigenvalue weighted by atomic mass is 32.2. The monoisotopic (exact) mass is 418 g/mol. The molecule has 2 rings (SSSR count). The first-order chi connectivity index (χ1) is 12.9. The van der Waals surface area contributed by atoms with E-state index in [0.29, 0.717) is 5.56 Å². The standard InChI is InChI=1S/C17H21F3N4O3S/c1-12(2)23(3)28(26,27)14-6-4-13(5-7-14)10-21-16(25)11-24-9-8-15(22-24)17(18,19)20/h4-9,12H,10-11H2,1-3H3,(H,21,25). The van der Waals surface area contributed by atoms with E-state index in [9.17, 15) is 26.4 Å². The Hall–Kier alpha value is -2.40. The van der Waals surface area contributed by atoms with Crippen LogP contribution in [0.2, 0.25) is 0 Å². The SMILES string of the molecule is CC(C)N(C)S(=O)(=O)c1ccc(CNC(=O)Cn2ccc(C(F)(F)F)n2)cc1. The van der Waals surface area contributed by atoms with Gasteiger partial charge < -0.3 is 5.32 Å². The molecular formula is C17H21F3N4O3S. The molecule has 1 amide bonds. The zero-order valence-electron chi connectivity index (χ0n) is 15.6. The van der Waals surface area contributed by atoms with Crippen LogP contribution in [0.3, 0.4) is 0 Å². The van der Waals surface area contributed by atoms with E-state index in [2.05, 4.69) is 10.4 Å². The molecule has 0 unspecified atom stereocenters. The number of alkyl halides is 3. The maximum Gasteiger partial charge on any atom is 0.435 e. The summed E-state index contributed by atoms with van der Waals surface area (Å²) < 4.78 is 64.4. The summed E-state index contributed by atoms with van der Waals surface area (Å²) in [6, 6.07) is 6.62. The number of amides is 1. The van der Waals surface area contributed by atoms with Gasteiger partial charge in [0.05, 0.1) is 4.90 Å². The predicted molar refractivity (Wildman–Crippen MR) is 95.6 cm³/mol. The zero-order valence-corrected chi connectivity index (χ0v) is 16.4. The second kappa shape index (κ2) is 8.31. The Morgan fingerprint density at radius 2 is 1.82 bits per heavy atom. The molecule has 0 aliphatic rings. The summed E-state index contributed by atoms with van der Waals surface area (Å²) in [6.07, 6.45) is -3.49. The molecule has 0 aliphatic carbocycles. The molecule has 1 N–H and O–H groups in total. The summed E-state index contributed by atoms with van der Waals surface area (Å²) in [5.74, 6) is -0.520. The van der Waals surface area contributed by atoms with Gasteiger partial charge in [-0.3, -0.25) is 9.48 Å². The highest BCUT2D eigenvalue weighted by molar-refractivity contribution is 7.89.